The zero-order valence-corrected chi connectivity index (χ0v) is 35.7. The molecule has 1 fully saturated rings. The summed E-state index contributed by atoms with van der Waals surface area (Å²) in [5, 5.41) is 4.23. The zero-order valence-electron chi connectivity index (χ0n) is 35.7. The molecule has 8 heteroatoms. The maximum atomic E-state index is 12.5. The van der Waals surface area contributed by atoms with Gasteiger partial charge in [-0.3, -0.25) is 9.59 Å². The largest absolute Gasteiger partial charge is 0.385 e. The molecule has 0 radical (unpaired) electrons. The molecular formula is C49H62N4O4. The molecule has 2 amide bonds. The number of carbonyl (C=O) groups excluding carboxylic acids is 3. The molecule has 0 spiro atoms. The Morgan fingerprint density at radius 3 is 2.26 bits per heavy atom. The Hall–Kier alpha value is -5.11. The lowest BCUT2D eigenvalue weighted by molar-refractivity contribution is -0.197. The van der Waals surface area contributed by atoms with Crippen molar-refractivity contribution in [3.63, 3.8) is 0 Å². The molecule has 1 N–H and O–H groups in total. The fourth-order valence-corrected chi connectivity index (χ4v) is 8.94. The fraction of sp³-hybridized carbons (Fsp3) is 0.449. The van der Waals surface area contributed by atoms with Crippen molar-refractivity contribution in [1.82, 2.24) is 5.06 Å². The van der Waals surface area contributed by atoms with Crippen molar-refractivity contribution in [1.29, 1.82) is 0 Å². The number of allylic oxidation sites excluding steroid dienone is 5. The van der Waals surface area contributed by atoms with Gasteiger partial charge in [0.2, 0.25) is 0 Å². The number of amides is 2. The van der Waals surface area contributed by atoms with Crippen LogP contribution in [0.15, 0.2) is 90.7 Å². The van der Waals surface area contributed by atoms with Crippen molar-refractivity contribution in [2.45, 2.75) is 117 Å². The second-order valence-corrected chi connectivity index (χ2v) is 17.2. The van der Waals surface area contributed by atoms with Crippen LogP contribution in [-0.2, 0) is 35.5 Å². The predicted octanol–water partition coefficient (Wildman–Crippen LogP) is 10.5. The number of rotatable bonds is 16. The van der Waals surface area contributed by atoms with Crippen LogP contribution in [-0.4, -0.2) is 49.0 Å². The minimum Gasteiger partial charge on any atom is -0.385 e. The van der Waals surface area contributed by atoms with E-state index in [0.29, 0.717) is 11.5 Å². The van der Waals surface area contributed by atoms with Crippen LogP contribution in [0.5, 0.6) is 0 Å². The third-order valence-electron chi connectivity index (χ3n) is 12.6. The summed E-state index contributed by atoms with van der Waals surface area (Å²) < 4.78 is 0. The first-order chi connectivity index (χ1) is 27.1. The second-order valence-electron chi connectivity index (χ2n) is 17.2. The Labute approximate surface area is 340 Å². The number of carbonyl (C=O) groups is 3. The zero-order chi connectivity index (χ0) is 41.3. The van der Waals surface area contributed by atoms with Gasteiger partial charge in [-0.2, -0.15) is 0 Å². The number of hydroxylamine groups is 2. The van der Waals surface area contributed by atoms with Gasteiger partial charge in [-0.25, -0.2) is 4.79 Å². The first-order valence-electron chi connectivity index (χ1n) is 20.9. The number of imide groups is 1. The first-order valence-corrected chi connectivity index (χ1v) is 20.9. The van der Waals surface area contributed by atoms with Gasteiger partial charge in [-0.15, -0.1) is 5.06 Å². The van der Waals surface area contributed by atoms with Crippen molar-refractivity contribution >= 4 is 34.8 Å². The Morgan fingerprint density at radius 1 is 0.877 bits per heavy atom. The van der Waals surface area contributed by atoms with Crippen LogP contribution in [0, 0.1) is 0 Å². The van der Waals surface area contributed by atoms with Gasteiger partial charge in [0.25, 0.3) is 11.8 Å². The van der Waals surface area contributed by atoms with Gasteiger partial charge in [0.1, 0.15) is 0 Å². The summed E-state index contributed by atoms with van der Waals surface area (Å²) in [6.07, 6.45) is 9.18. The number of fused-ring (bicyclic) bond motifs is 4. The number of hydrogen-bond acceptors (Lipinski definition) is 7. The van der Waals surface area contributed by atoms with Crippen LogP contribution in [0.3, 0.4) is 0 Å². The van der Waals surface area contributed by atoms with Crippen LogP contribution in [0.25, 0.3) is 11.1 Å². The molecule has 57 heavy (non-hydrogen) atoms. The van der Waals surface area contributed by atoms with Gasteiger partial charge >= 0.3 is 5.97 Å². The smallest absolute Gasteiger partial charge is 0.333 e. The standard InChI is InChI=1S/C49H62N4O4/c1-11-50-41-26-25-34(51(12-2)13-3)30-39(41)47(5,6)33(4)20-19-23-43-49(9,10)40-31-36-35-21-16-17-22-37(35)48(7,8)38(36)32-42(40)52(43)29-18-14-15-24-46(56)57-53-44(54)27-28-45(53)55/h16-17,19-23,25-26,30-32,50H,4,11-15,18,24,27-29H2,1-3,5-10H3/b20-19+,43-23+. The maximum Gasteiger partial charge on any atom is 0.333 e. The van der Waals surface area contributed by atoms with E-state index >= 15 is 0 Å². The fourth-order valence-electron chi connectivity index (χ4n) is 8.94. The molecular weight excluding hydrogens is 709 g/mol. The average molecular weight is 771 g/mol. The van der Waals surface area contributed by atoms with Gasteiger partial charge in [0.15, 0.2) is 0 Å². The molecule has 1 saturated heterocycles. The summed E-state index contributed by atoms with van der Waals surface area (Å²) in [7, 11) is 0. The highest BCUT2D eigenvalue weighted by molar-refractivity contribution is 6.01. The topological polar surface area (TPSA) is 82.2 Å². The Morgan fingerprint density at radius 2 is 1.58 bits per heavy atom. The lowest BCUT2D eigenvalue weighted by atomic mass is 9.76. The van der Waals surface area contributed by atoms with Crippen molar-refractivity contribution in [2.75, 3.05) is 41.3 Å². The molecule has 2 aliphatic heterocycles. The summed E-state index contributed by atoms with van der Waals surface area (Å²) in [6, 6.07) is 20.4. The Bertz CT molecular complexity index is 2100. The summed E-state index contributed by atoms with van der Waals surface area (Å²) in [5.74, 6) is -1.45. The lowest BCUT2D eigenvalue weighted by Gasteiger charge is -2.31. The highest BCUT2D eigenvalue weighted by Gasteiger charge is 2.44. The predicted molar refractivity (Wildman–Crippen MR) is 234 cm³/mol. The molecule has 0 atom stereocenters. The van der Waals surface area contributed by atoms with Crippen LogP contribution in [0.4, 0.5) is 17.1 Å². The Kier molecular flexibility index (Phi) is 11.9. The van der Waals surface area contributed by atoms with E-state index in [1.807, 2.05) is 0 Å². The molecule has 0 aromatic heterocycles. The number of benzene rings is 3. The van der Waals surface area contributed by atoms with Crippen LogP contribution in [0.1, 0.15) is 123 Å². The number of unbranched alkanes of at least 4 members (excludes halogenated alkanes) is 2. The van der Waals surface area contributed by atoms with Crippen molar-refractivity contribution in [2.24, 2.45) is 0 Å². The van der Waals surface area contributed by atoms with E-state index < -0.39 is 17.8 Å². The average Bonchev–Trinajstić information content (AvgIpc) is 3.70. The summed E-state index contributed by atoms with van der Waals surface area (Å²) in [5.41, 5.74) is 12.9. The van der Waals surface area contributed by atoms with E-state index in [4.69, 9.17) is 4.84 Å². The third kappa shape index (κ3) is 7.80. The van der Waals surface area contributed by atoms with E-state index in [9.17, 15) is 14.4 Å². The van der Waals surface area contributed by atoms with E-state index in [2.05, 4.69) is 157 Å². The molecule has 0 bridgehead atoms. The van der Waals surface area contributed by atoms with Gasteiger partial charge in [0.05, 0.1) is 0 Å². The molecule has 3 aromatic rings. The minimum absolute atomic E-state index is 0.0886. The lowest BCUT2D eigenvalue weighted by Crippen LogP contribution is -2.32. The normalized spacial score (nSPS) is 17.3. The highest BCUT2D eigenvalue weighted by atomic mass is 16.7. The molecule has 8 nitrogen and oxygen atoms in total. The van der Waals surface area contributed by atoms with E-state index in [-0.39, 0.29) is 35.5 Å². The number of anilines is 3. The quantitative estimate of drug-likeness (QED) is 0.0882. The van der Waals surface area contributed by atoms with E-state index in [1.54, 1.807) is 0 Å². The number of nitrogens with one attached hydrogen (secondary N) is 1. The first kappa shape index (κ1) is 41.5. The summed E-state index contributed by atoms with van der Waals surface area (Å²) in [6.45, 7) is 28.5. The van der Waals surface area contributed by atoms with Gasteiger partial charge in [-0.1, -0.05) is 91.0 Å². The SMILES string of the molecule is C=C(/C=C/C=C1/N(CCCCCC(=O)ON2C(=O)CCC2=O)c2cc3c(cc2C1(C)C)-c1ccccc1C3(C)C)C(C)(C)c1cc(N(CC)CC)ccc1NCC. The Balaban J connectivity index is 1.28. The highest BCUT2D eigenvalue weighted by Crippen LogP contribution is 2.56. The van der Waals surface area contributed by atoms with Crippen LogP contribution >= 0.6 is 0 Å². The third-order valence-corrected chi connectivity index (χ3v) is 12.6. The molecule has 302 valence electrons. The molecule has 2 heterocycles. The summed E-state index contributed by atoms with van der Waals surface area (Å²) >= 11 is 0. The van der Waals surface area contributed by atoms with Crippen molar-refractivity contribution in [3.05, 3.63) is 113 Å². The molecule has 0 unspecified atom stereocenters. The van der Waals surface area contributed by atoms with Crippen LogP contribution in [0.2, 0.25) is 0 Å². The number of hydrogen-bond donors (Lipinski definition) is 1. The van der Waals surface area contributed by atoms with Gasteiger partial charge in [0, 0.05) is 84.4 Å². The summed E-state index contributed by atoms with van der Waals surface area (Å²) in [4.78, 5) is 46.3. The monoisotopic (exact) mass is 770 g/mol. The molecule has 0 saturated carbocycles. The second kappa shape index (κ2) is 16.4. The molecule has 3 aromatic carbocycles. The van der Waals surface area contributed by atoms with Gasteiger partial charge in [-0.05, 0) is 109 Å². The van der Waals surface area contributed by atoms with Gasteiger partial charge < -0.3 is 20.0 Å². The molecule has 1 aliphatic carbocycles. The van der Waals surface area contributed by atoms with E-state index in [0.717, 1.165) is 50.3 Å². The van der Waals surface area contributed by atoms with Crippen molar-refractivity contribution in [3.8, 4) is 11.1 Å². The van der Waals surface area contributed by atoms with Crippen LogP contribution < -0.4 is 15.1 Å². The molecule has 6 rings (SSSR count). The van der Waals surface area contributed by atoms with E-state index in [1.165, 1.54) is 50.5 Å². The maximum absolute atomic E-state index is 12.5. The number of nitrogens with zero attached hydrogens (tertiary/aromatic N) is 3. The molecule has 3 aliphatic rings. The minimum atomic E-state index is -0.546. The van der Waals surface area contributed by atoms with Crippen molar-refractivity contribution < 1.29 is 19.2 Å².